The maximum absolute atomic E-state index is 12.4. The highest BCUT2D eigenvalue weighted by Gasteiger charge is 2.51. The van der Waals surface area contributed by atoms with Crippen LogP contribution in [-0.2, 0) is 33.3 Å². The Labute approximate surface area is 176 Å². The van der Waals surface area contributed by atoms with Gasteiger partial charge in [0.05, 0.1) is 5.92 Å². The molecule has 1 aromatic heterocycles. The number of esters is 3. The van der Waals surface area contributed by atoms with Gasteiger partial charge in [-0.25, -0.2) is 14.4 Å². The Balaban J connectivity index is 1.89. The number of nitrogens with zero attached hydrogens (tertiary/aromatic N) is 2. The third-order valence-electron chi connectivity index (χ3n) is 5.07. The van der Waals surface area contributed by atoms with E-state index in [2.05, 4.69) is 4.98 Å². The van der Waals surface area contributed by atoms with Gasteiger partial charge in [0.1, 0.15) is 12.7 Å². The molecule has 0 aliphatic carbocycles. The van der Waals surface area contributed by atoms with Crippen LogP contribution in [0.2, 0.25) is 0 Å². The van der Waals surface area contributed by atoms with Crippen LogP contribution >= 0.6 is 0 Å². The Bertz CT molecular complexity index is 924. The monoisotopic (exact) mass is 437 g/mol. The summed E-state index contributed by atoms with van der Waals surface area (Å²) in [6.07, 6.45) is -0.285. The Kier molecular flexibility index (Phi) is 7.02. The van der Waals surface area contributed by atoms with Gasteiger partial charge in [0.25, 0.3) is 0 Å². The lowest BCUT2D eigenvalue weighted by molar-refractivity contribution is -0.165. The topological polar surface area (TPSA) is 155 Å². The lowest BCUT2D eigenvalue weighted by Gasteiger charge is -2.25. The standard InChI is InChI=1S/C19H23N3O9/c1-3-10(4-2)18(25)28-9-11-15-16(31-14(24)6-5-13(23)30-15)17(29-11)22-8-7-12(21-27)20-19(22)26/h5-8,10-11,15-17,27H,3-4,9H2,1-2H3,(H,20,21,26)/b6-5-/t11-,15?,16-,17-/m1/s1. The first-order valence-corrected chi connectivity index (χ1v) is 9.78. The van der Waals surface area contributed by atoms with Crippen molar-refractivity contribution in [3.8, 4) is 0 Å². The molecule has 168 valence electrons. The van der Waals surface area contributed by atoms with E-state index < -0.39 is 48.1 Å². The van der Waals surface area contributed by atoms with E-state index in [0.717, 1.165) is 16.7 Å². The SMILES string of the molecule is CCC(CC)C(=O)OC[C@H]1O[C@@H](n2ccc(NO)nc2=O)[C@@H]2OC(=O)/C=C\C(=O)OC21. The van der Waals surface area contributed by atoms with Crippen LogP contribution < -0.4 is 11.2 Å². The minimum atomic E-state index is -1.21. The first-order chi connectivity index (χ1) is 14.9. The van der Waals surface area contributed by atoms with Crippen molar-refractivity contribution in [2.24, 2.45) is 5.92 Å². The molecule has 2 N–H and O–H groups in total. The molecule has 0 radical (unpaired) electrons. The predicted octanol–water partition coefficient (Wildman–Crippen LogP) is 0.315. The normalized spacial score (nSPS) is 26.3. The summed E-state index contributed by atoms with van der Waals surface area (Å²) in [5.74, 6) is -2.46. The second kappa shape index (κ2) is 9.71. The smallest absolute Gasteiger partial charge is 0.351 e. The summed E-state index contributed by atoms with van der Waals surface area (Å²) in [5.41, 5.74) is 0.928. The van der Waals surface area contributed by atoms with Crippen molar-refractivity contribution < 1.29 is 38.5 Å². The Morgan fingerprint density at radius 1 is 1.19 bits per heavy atom. The van der Waals surface area contributed by atoms with Gasteiger partial charge in [-0.3, -0.25) is 20.0 Å². The number of nitrogens with one attached hydrogen (secondary N) is 1. The molecule has 0 spiro atoms. The van der Waals surface area contributed by atoms with Gasteiger partial charge < -0.3 is 18.9 Å². The quantitative estimate of drug-likeness (QED) is 0.344. The van der Waals surface area contributed by atoms with Crippen LogP contribution in [0.25, 0.3) is 0 Å². The van der Waals surface area contributed by atoms with Crippen molar-refractivity contribution in [1.29, 1.82) is 0 Å². The number of aromatic nitrogens is 2. The highest BCUT2D eigenvalue weighted by atomic mass is 16.7. The molecule has 1 aromatic rings. The summed E-state index contributed by atoms with van der Waals surface area (Å²) in [4.78, 5) is 52.3. The molecule has 12 nitrogen and oxygen atoms in total. The number of ether oxygens (including phenoxy) is 4. The Hall–Kier alpha value is -3.25. The van der Waals surface area contributed by atoms with Gasteiger partial charge in [0.15, 0.2) is 24.3 Å². The fourth-order valence-corrected chi connectivity index (χ4v) is 3.39. The summed E-state index contributed by atoms with van der Waals surface area (Å²) in [7, 11) is 0. The van der Waals surface area contributed by atoms with Crippen LogP contribution in [0.15, 0.2) is 29.2 Å². The summed E-state index contributed by atoms with van der Waals surface area (Å²) < 4.78 is 22.9. The maximum Gasteiger partial charge on any atom is 0.351 e. The van der Waals surface area contributed by atoms with E-state index >= 15 is 0 Å². The zero-order chi connectivity index (χ0) is 22.5. The molecule has 0 saturated carbocycles. The molecule has 12 heteroatoms. The molecule has 3 rings (SSSR count). The molecule has 4 atom stereocenters. The van der Waals surface area contributed by atoms with E-state index in [0.29, 0.717) is 12.8 Å². The number of anilines is 1. The fraction of sp³-hybridized carbons (Fsp3) is 0.526. The van der Waals surface area contributed by atoms with Crippen LogP contribution in [0, 0.1) is 5.92 Å². The molecular weight excluding hydrogens is 414 g/mol. The van der Waals surface area contributed by atoms with E-state index in [-0.39, 0.29) is 18.3 Å². The van der Waals surface area contributed by atoms with Crippen LogP contribution in [0.4, 0.5) is 5.82 Å². The average Bonchev–Trinajstić information content (AvgIpc) is 3.06. The lowest BCUT2D eigenvalue weighted by Crippen LogP contribution is -2.43. The van der Waals surface area contributed by atoms with E-state index in [4.69, 9.17) is 24.2 Å². The Morgan fingerprint density at radius 3 is 2.42 bits per heavy atom. The first-order valence-electron chi connectivity index (χ1n) is 9.78. The molecule has 1 saturated heterocycles. The molecule has 1 fully saturated rings. The summed E-state index contributed by atoms with van der Waals surface area (Å²) in [5, 5.41) is 8.91. The number of hydrogen-bond donors (Lipinski definition) is 2. The number of hydrogen-bond acceptors (Lipinski definition) is 11. The maximum atomic E-state index is 12.4. The van der Waals surface area contributed by atoms with Crippen molar-refractivity contribution in [2.75, 3.05) is 12.1 Å². The second-order valence-corrected chi connectivity index (χ2v) is 6.96. The van der Waals surface area contributed by atoms with E-state index in [1.807, 2.05) is 13.8 Å². The minimum absolute atomic E-state index is 0.101. The molecule has 31 heavy (non-hydrogen) atoms. The molecule has 0 bridgehead atoms. The van der Waals surface area contributed by atoms with Gasteiger partial charge in [-0.1, -0.05) is 13.8 Å². The van der Waals surface area contributed by atoms with Crippen LogP contribution in [0.1, 0.15) is 32.9 Å². The molecule has 1 unspecified atom stereocenters. The molecular formula is C19H23N3O9. The van der Waals surface area contributed by atoms with Gasteiger partial charge in [0.2, 0.25) is 0 Å². The summed E-state index contributed by atoms with van der Waals surface area (Å²) in [6, 6.07) is 1.29. The van der Waals surface area contributed by atoms with Crippen LogP contribution in [-0.4, -0.2) is 57.6 Å². The second-order valence-electron chi connectivity index (χ2n) is 6.96. The zero-order valence-electron chi connectivity index (χ0n) is 16.9. The summed E-state index contributed by atoms with van der Waals surface area (Å²) >= 11 is 0. The van der Waals surface area contributed by atoms with Crippen molar-refractivity contribution >= 4 is 23.7 Å². The largest absolute Gasteiger partial charge is 0.463 e. The van der Waals surface area contributed by atoms with Gasteiger partial charge in [-0.2, -0.15) is 4.98 Å². The number of carbonyl (C=O) groups is 3. The molecule has 3 heterocycles. The summed E-state index contributed by atoms with van der Waals surface area (Å²) in [6.45, 7) is 3.44. The van der Waals surface area contributed by atoms with E-state index in [9.17, 15) is 19.2 Å². The predicted molar refractivity (Wildman–Crippen MR) is 102 cm³/mol. The minimum Gasteiger partial charge on any atom is -0.463 e. The van der Waals surface area contributed by atoms with Crippen molar-refractivity contribution in [1.82, 2.24) is 9.55 Å². The third kappa shape index (κ3) is 4.91. The molecule has 0 aromatic carbocycles. The Morgan fingerprint density at radius 2 is 1.84 bits per heavy atom. The lowest BCUT2D eigenvalue weighted by atomic mass is 10.0. The average molecular weight is 437 g/mol. The van der Waals surface area contributed by atoms with Crippen molar-refractivity contribution in [2.45, 2.75) is 51.2 Å². The van der Waals surface area contributed by atoms with Gasteiger partial charge >= 0.3 is 23.6 Å². The molecule has 2 aliphatic heterocycles. The number of carbonyl (C=O) groups excluding carboxylic acids is 3. The van der Waals surface area contributed by atoms with Gasteiger partial charge in [-0.05, 0) is 18.9 Å². The first kappa shape index (κ1) is 22.4. The number of fused-ring (bicyclic) bond motifs is 1. The van der Waals surface area contributed by atoms with E-state index in [1.165, 1.54) is 12.3 Å². The third-order valence-corrected chi connectivity index (χ3v) is 5.07. The van der Waals surface area contributed by atoms with E-state index in [1.54, 1.807) is 5.48 Å². The van der Waals surface area contributed by atoms with Crippen LogP contribution in [0.3, 0.4) is 0 Å². The molecule has 2 aliphatic rings. The van der Waals surface area contributed by atoms with Crippen LogP contribution in [0.5, 0.6) is 0 Å². The highest BCUT2D eigenvalue weighted by molar-refractivity contribution is 5.92. The fourth-order valence-electron chi connectivity index (χ4n) is 3.39. The van der Waals surface area contributed by atoms with Gasteiger partial charge in [-0.15, -0.1) is 0 Å². The highest BCUT2D eigenvalue weighted by Crippen LogP contribution is 2.34. The van der Waals surface area contributed by atoms with Crippen molar-refractivity contribution in [3.05, 3.63) is 34.9 Å². The zero-order valence-corrected chi connectivity index (χ0v) is 16.9. The molecule has 0 amide bonds. The van der Waals surface area contributed by atoms with Gasteiger partial charge in [0, 0.05) is 18.3 Å². The van der Waals surface area contributed by atoms with Crippen molar-refractivity contribution in [3.63, 3.8) is 0 Å². The number of rotatable bonds is 7.